The molecule has 14 aromatic rings. The average Bonchev–Trinajstić information content (AvgIpc) is 4.04. The van der Waals surface area contributed by atoms with E-state index in [2.05, 4.69) is 0 Å². The van der Waals surface area contributed by atoms with Gasteiger partial charge in [-0.15, -0.1) is 0 Å². The molecule has 0 fully saturated rings. The van der Waals surface area contributed by atoms with E-state index < -0.39 is 84.6 Å². The van der Waals surface area contributed by atoms with E-state index in [1.807, 2.05) is 36.4 Å². The van der Waals surface area contributed by atoms with Crippen LogP contribution < -0.4 is 0 Å². The molecule has 0 bridgehead atoms. The third-order valence-corrected chi connectivity index (χ3v) is 11.5. The van der Waals surface area contributed by atoms with Crippen LogP contribution in [0, 0.1) is 0 Å². The van der Waals surface area contributed by atoms with Crippen molar-refractivity contribution in [2.24, 2.45) is 0 Å². The molecule has 0 aliphatic carbocycles. The average molecular weight is 753 g/mol. The highest BCUT2D eigenvalue weighted by molar-refractivity contribution is 6.27. The Balaban J connectivity index is 0.950. The van der Waals surface area contributed by atoms with Crippen LogP contribution in [0.1, 0.15) is 24.7 Å². The molecule has 0 aliphatic rings. The minimum atomic E-state index is -0.545. The van der Waals surface area contributed by atoms with Gasteiger partial charge in [-0.05, 0) is 147 Å². The second-order valence-corrected chi connectivity index (χ2v) is 14.5. The van der Waals surface area contributed by atoms with Gasteiger partial charge in [0.15, 0.2) is 0 Å². The standard InChI is InChI=1S/C56H30O2/c1-3-31-7-9-35-11-19-41(43-21-13-33(5-1)53(31)55(35)43)39-17-25-51-47(29-39)45-27-37(15-23-49(45)57-51)38-16-24-50-46(28-38)48-30-40(18-26-52(48)58-50)42-20-12-36-10-8-32-4-2-6-34-14-22-44(42)56(36)54(32)34/h1-30H/i1D,2D,3D,4D,5D,6D,7D,8D,9D,10D,11D,12D,13D,14D,19D,20D,21D,22D. The molecule has 14 rings (SSSR count). The number of fused-ring (bicyclic) bond motifs is 6. The van der Waals surface area contributed by atoms with Crippen LogP contribution in [0.4, 0.5) is 0 Å². The van der Waals surface area contributed by atoms with Crippen molar-refractivity contribution in [2.45, 2.75) is 0 Å². The maximum atomic E-state index is 9.34. The number of hydrogen-bond donors (Lipinski definition) is 0. The van der Waals surface area contributed by atoms with Crippen molar-refractivity contribution in [2.75, 3.05) is 0 Å². The predicted molar refractivity (Wildman–Crippen MR) is 245 cm³/mol. The van der Waals surface area contributed by atoms with E-state index in [-0.39, 0.29) is 99.9 Å². The van der Waals surface area contributed by atoms with Gasteiger partial charge in [0.1, 0.15) is 22.3 Å². The lowest BCUT2D eigenvalue weighted by atomic mass is 9.89. The van der Waals surface area contributed by atoms with Crippen LogP contribution in [0.15, 0.2) is 190 Å². The fourth-order valence-electron chi connectivity index (χ4n) is 8.78. The fourth-order valence-corrected chi connectivity index (χ4v) is 8.78. The Morgan fingerprint density at radius 2 is 0.586 bits per heavy atom. The second-order valence-electron chi connectivity index (χ2n) is 14.5. The Kier molecular flexibility index (Phi) is 3.51. The highest BCUT2D eigenvalue weighted by Crippen LogP contribution is 2.44. The van der Waals surface area contributed by atoms with E-state index in [1.54, 1.807) is 36.4 Å². The molecule has 0 aliphatic heterocycles. The van der Waals surface area contributed by atoms with Crippen LogP contribution >= 0.6 is 0 Å². The van der Waals surface area contributed by atoms with E-state index in [0.29, 0.717) is 55.0 Å². The minimum absolute atomic E-state index is 0.0540. The van der Waals surface area contributed by atoms with Gasteiger partial charge in [0.25, 0.3) is 0 Å². The first kappa shape index (κ1) is 18.5. The minimum Gasteiger partial charge on any atom is -0.456 e. The van der Waals surface area contributed by atoms with Gasteiger partial charge in [-0.2, -0.15) is 0 Å². The first-order chi connectivity index (χ1) is 36.2. The van der Waals surface area contributed by atoms with Crippen molar-refractivity contribution >= 4 is 109 Å². The molecule has 2 aromatic heterocycles. The summed E-state index contributed by atoms with van der Waals surface area (Å²) >= 11 is 0. The van der Waals surface area contributed by atoms with Crippen molar-refractivity contribution in [3.05, 3.63) is 182 Å². The molecule has 0 amide bonds. The first-order valence-corrected chi connectivity index (χ1v) is 18.5. The highest BCUT2D eigenvalue weighted by atomic mass is 16.3. The zero-order valence-electron chi connectivity index (χ0n) is 47.7. The van der Waals surface area contributed by atoms with Crippen LogP contribution in [-0.4, -0.2) is 0 Å². The predicted octanol–water partition coefficient (Wildman–Crippen LogP) is 16.3. The summed E-state index contributed by atoms with van der Waals surface area (Å²) in [7, 11) is 0. The summed E-state index contributed by atoms with van der Waals surface area (Å²) in [6.07, 6.45) is 0. The summed E-state index contributed by atoms with van der Waals surface area (Å²) in [6.45, 7) is 0. The smallest absolute Gasteiger partial charge is 0.135 e. The topological polar surface area (TPSA) is 26.3 Å². The molecule has 0 atom stereocenters. The summed E-state index contributed by atoms with van der Waals surface area (Å²) < 4.78 is 174. The Morgan fingerprint density at radius 3 is 0.983 bits per heavy atom. The van der Waals surface area contributed by atoms with Gasteiger partial charge in [0.2, 0.25) is 0 Å². The lowest BCUT2D eigenvalue weighted by Gasteiger charge is -2.14. The molecular weight excluding hydrogens is 705 g/mol. The van der Waals surface area contributed by atoms with Crippen molar-refractivity contribution < 1.29 is 33.5 Å². The molecule has 0 radical (unpaired) electrons. The van der Waals surface area contributed by atoms with E-state index in [0.717, 1.165) is 11.1 Å². The Labute approximate surface area is 356 Å². The summed E-state index contributed by atoms with van der Waals surface area (Å²) in [6, 6.07) is 13.6. The zero-order valence-corrected chi connectivity index (χ0v) is 29.7. The summed E-state index contributed by atoms with van der Waals surface area (Å²) in [5.41, 5.74) is 4.56. The molecule has 2 heterocycles. The lowest BCUT2D eigenvalue weighted by Crippen LogP contribution is -1.87. The lowest BCUT2D eigenvalue weighted by molar-refractivity contribution is 0.668. The van der Waals surface area contributed by atoms with Gasteiger partial charge >= 0.3 is 0 Å². The van der Waals surface area contributed by atoms with Crippen LogP contribution in [0.2, 0.25) is 0 Å². The van der Waals surface area contributed by atoms with Gasteiger partial charge < -0.3 is 8.83 Å². The van der Waals surface area contributed by atoms with Gasteiger partial charge in [-0.1, -0.05) is 133 Å². The van der Waals surface area contributed by atoms with E-state index in [4.69, 9.17) is 25.3 Å². The van der Waals surface area contributed by atoms with E-state index in [1.165, 1.54) is 0 Å². The molecule has 266 valence electrons. The van der Waals surface area contributed by atoms with Gasteiger partial charge in [0.05, 0.1) is 24.7 Å². The van der Waals surface area contributed by atoms with Crippen molar-refractivity contribution in [1.29, 1.82) is 0 Å². The Hall–Kier alpha value is -7.68. The number of rotatable bonds is 3. The van der Waals surface area contributed by atoms with Gasteiger partial charge in [-0.3, -0.25) is 0 Å². The molecular formula is C56H30O2. The number of benzene rings is 12. The molecule has 2 nitrogen and oxygen atoms in total. The maximum Gasteiger partial charge on any atom is 0.135 e. The molecule has 0 spiro atoms. The quantitative estimate of drug-likeness (QED) is 0.168. The molecule has 2 heteroatoms. The Bertz CT molecular complexity index is 4730. The number of hydrogen-bond acceptors (Lipinski definition) is 2. The highest BCUT2D eigenvalue weighted by Gasteiger charge is 2.17. The van der Waals surface area contributed by atoms with Crippen molar-refractivity contribution in [1.82, 2.24) is 0 Å². The first-order valence-electron chi connectivity index (χ1n) is 27.5. The SMILES string of the molecule is [2H]c1c([2H])c2c([2H])c([2H])c3c([2H])c([2H])c(-c4ccc5oc6ccc(-c7ccc8oc9ccc(-c%10c([2H])c([2H])c%11c([2H])c([2H])c%12c([2H])c([2H])c([2H])c%13c([2H])c([2H])c%10c%11c%12%13)cc9c8c7)cc6c5c4)c4c([2H])c([2H])c(c1[2H])c2c34. The molecule has 0 saturated carbocycles. The monoisotopic (exact) mass is 752 g/mol. The molecule has 0 N–H and O–H groups in total. The zero-order chi connectivity index (χ0) is 53.3. The molecule has 0 unspecified atom stereocenters. The van der Waals surface area contributed by atoms with Gasteiger partial charge in [0, 0.05) is 21.5 Å². The second kappa shape index (κ2) is 11.0. The molecule has 0 saturated heterocycles. The summed E-state index contributed by atoms with van der Waals surface area (Å²) in [5.74, 6) is 0. The molecule has 58 heavy (non-hydrogen) atoms. The van der Waals surface area contributed by atoms with Crippen LogP contribution in [0.3, 0.4) is 0 Å². The van der Waals surface area contributed by atoms with Crippen molar-refractivity contribution in [3.8, 4) is 33.4 Å². The van der Waals surface area contributed by atoms with Crippen LogP contribution in [0.25, 0.3) is 142 Å². The Morgan fingerprint density at radius 1 is 0.276 bits per heavy atom. The maximum absolute atomic E-state index is 9.34. The molecule has 12 aromatic carbocycles. The van der Waals surface area contributed by atoms with Crippen LogP contribution in [-0.2, 0) is 0 Å². The third kappa shape index (κ3) is 4.11. The van der Waals surface area contributed by atoms with Gasteiger partial charge in [-0.25, -0.2) is 0 Å². The third-order valence-electron chi connectivity index (χ3n) is 11.5. The largest absolute Gasteiger partial charge is 0.456 e. The normalized spacial score (nSPS) is 16.8. The summed E-state index contributed by atoms with van der Waals surface area (Å²) in [5, 5.41) is 2.30. The van der Waals surface area contributed by atoms with Crippen LogP contribution in [0.5, 0.6) is 0 Å². The van der Waals surface area contributed by atoms with E-state index in [9.17, 15) is 8.22 Å². The fraction of sp³-hybridized carbons (Fsp3) is 0. The number of furan rings is 2. The van der Waals surface area contributed by atoms with E-state index >= 15 is 0 Å². The van der Waals surface area contributed by atoms with Crippen molar-refractivity contribution in [3.63, 3.8) is 0 Å². The summed E-state index contributed by atoms with van der Waals surface area (Å²) in [4.78, 5) is 0.